The van der Waals surface area contributed by atoms with Gasteiger partial charge in [-0.05, 0) is 56.6 Å². The Balaban J connectivity index is 1.41. The van der Waals surface area contributed by atoms with Gasteiger partial charge in [0.05, 0.1) is 12.7 Å². The standard InChI is InChI=1S/C23H31N3O4/c1-2-30-20-19(8-5-11-24-20)22(29)25-12-9-23(10-13-25)14-18(27)15-26(16-23)21(28)17-6-3-4-7-17/h3-5,8,11,17-18,27H,2,6-7,9-10,12-16H2,1H3. The summed E-state index contributed by atoms with van der Waals surface area (Å²) in [5.41, 5.74) is 0.373. The molecule has 1 unspecified atom stereocenters. The number of hydrogen-bond acceptors (Lipinski definition) is 5. The number of pyridine rings is 1. The molecule has 1 N–H and O–H groups in total. The third-order valence-corrected chi connectivity index (χ3v) is 6.69. The molecule has 30 heavy (non-hydrogen) atoms. The van der Waals surface area contributed by atoms with Crippen LogP contribution in [-0.2, 0) is 4.79 Å². The predicted molar refractivity (Wildman–Crippen MR) is 112 cm³/mol. The number of ether oxygens (including phenoxy) is 1. The second-order valence-corrected chi connectivity index (χ2v) is 8.80. The van der Waals surface area contributed by atoms with Gasteiger partial charge in [0.25, 0.3) is 5.91 Å². The largest absolute Gasteiger partial charge is 0.477 e. The summed E-state index contributed by atoms with van der Waals surface area (Å²) in [5.74, 6) is 0.493. The smallest absolute Gasteiger partial charge is 0.259 e. The van der Waals surface area contributed by atoms with Crippen LogP contribution in [0, 0.1) is 11.3 Å². The first-order chi connectivity index (χ1) is 14.5. The van der Waals surface area contributed by atoms with Crippen molar-refractivity contribution in [2.45, 2.75) is 45.1 Å². The monoisotopic (exact) mass is 413 g/mol. The second-order valence-electron chi connectivity index (χ2n) is 8.80. The summed E-state index contributed by atoms with van der Waals surface area (Å²) in [6.45, 7) is 4.65. The molecule has 1 aromatic heterocycles. The Hall–Kier alpha value is -2.41. The van der Waals surface area contributed by atoms with E-state index in [1.54, 1.807) is 18.3 Å². The highest BCUT2D eigenvalue weighted by atomic mass is 16.5. The number of carbonyl (C=O) groups excluding carboxylic acids is 2. The number of aliphatic hydroxyl groups is 1. The molecule has 162 valence electrons. The fraction of sp³-hybridized carbons (Fsp3) is 0.609. The summed E-state index contributed by atoms with van der Waals surface area (Å²) in [7, 11) is 0. The van der Waals surface area contributed by atoms with Crippen LogP contribution in [-0.4, -0.2) is 70.6 Å². The zero-order valence-corrected chi connectivity index (χ0v) is 17.6. The molecule has 2 fully saturated rings. The number of rotatable bonds is 4. The maximum Gasteiger partial charge on any atom is 0.259 e. The van der Waals surface area contributed by atoms with Gasteiger partial charge in [-0.1, -0.05) is 12.2 Å². The van der Waals surface area contributed by atoms with Crippen LogP contribution >= 0.6 is 0 Å². The van der Waals surface area contributed by atoms with Gasteiger partial charge in [-0.3, -0.25) is 9.59 Å². The Kier molecular flexibility index (Phi) is 6.09. The van der Waals surface area contributed by atoms with E-state index in [1.807, 2.05) is 16.7 Å². The molecule has 3 heterocycles. The van der Waals surface area contributed by atoms with Crippen molar-refractivity contribution in [1.82, 2.24) is 14.8 Å². The molecule has 2 aliphatic heterocycles. The normalized spacial score (nSPS) is 23.7. The van der Waals surface area contributed by atoms with E-state index in [2.05, 4.69) is 17.1 Å². The first-order valence-corrected chi connectivity index (χ1v) is 11.0. The minimum atomic E-state index is -0.498. The minimum absolute atomic E-state index is 0.0246. The quantitative estimate of drug-likeness (QED) is 0.766. The number of likely N-dealkylation sites (tertiary alicyclic amines) is 2. The number of piperidine rings is 2. The van der Waals surface area contributed by atoms with Gasteiger partial charge in [0, 0.05) is 38.3 Å². The molecule has 7 heteroatoms. The molecule has 2 amide bonds. The van der Waals surface area contributed by atoms with E-state index in [1.165, 1.54) is 0 Å². The van der Waals surface area contributed by atoms with Gasteiger partial charge < -0.3 is 19.6 Å². The summed E-state index contributed by atoms with van der Waals surface area (Å²) in [5, 5.41) is 10.5. The van der Waals surface area contributed by atoms with Crippen LogP contribution in [0.3, 0.4) is 0 Å². The molecule has 1 aliphatic carbocycles. The van der Waals surface area contributed by atoms with E-state index in [9.17, 15) is 14.7 Å². The van der Waals surface area contributed by atoms with Gasteiger partial charge in [-0.2, -0.15) is 0 Å². The van der Waals surface area contributed by atoms with Crippen LogP contribution in [0.5, 0.6) is 5.88 Å². The summed E-state index contributed by atoms with van der Waals surface area (Å²) in [6.07, 6.45) is 9.12. The minimum Gasteiger partial charge on any atom is -0.477 e. The number of aromatic nitrogens is 1. The maximum absolute atomic E-state index is 13.1. The van der Waals surface area contributed by atoms with Crippen LogP contribution in [0.2, 0.25) is 0 Å². The molecule has 1 aromatic rings. The first-order valence-electron chi connectivity index (χ1n) is 11.0. The Morgan fingerprint density at radius 3 is 2.67 bits per heavy atom. The van der Waals surface area contributed by atoms with Crippen molar-refractivity contribution in [3.05, 3.63) is 36.0 Å². The van der Waals surface area contributed by atoms with Gasteiger partial charge in [0.1, 0.15) is 5.56 Å². The van der Waals surface area contributed by atoms with Crippen LogP contribution in [0.4, 0.5) is 0 Å². The molecular formula is C23H31N3O4. The highest BCUT2D eigenvalue weighted by Crippen LogP contribution is 2.41. The summed E-state index contributed by atoms with van der Waals surface area (Å²) in [6, 6.07) is 3.51. The summed E-state index contributed by atoms with van der Waals surface area (Å²) >= 11 is 0. The highest BCUT2D eigenvalue weighted by Gasteiger charge is 2.44. The molecular weight excluding hydrogens is 382 g/mol. The molecule has 0 saturated carbocycles. The number of aliphatic hydroxyl groups excluding tert-OH is 1. The van der Waals surface area contributed by atoms with Gasteiger partial charge in [-0.15, -0.1) is 0 Å². The van der Waals surface area contributed by atoms with E-state index in [0.717, 1.165) is 25.7 Å². The molecule has 7 nitrogen and oxygen atoms in total. The van der Waals surface area contributed by atoms with Crippen molar-refractivity contribution in [3.8, 4) is 5.88 Å². The lowest BCUT2D eigenvalue weighted by molar-refractivity contribution is -0.144. The Morgan fingerprint density at radius 1 is 1.23 bits per heavy atom. The fourth-order valence-electron chi connectivity index (χ4n) is 5.12. The average Bonchev–Trinajstić information content (AvgIpc) is 3.28. The molecule has 4 rings (SSSR count). The molecule has 0 radical (unpaired) electrons. The number of carbonyl (C=O) groups is 2. The summed E-state index contributed by atoms with van der Waals surface area (Å²) in [4.78, 5) is 33.9. The van der Waals surface area contributed by atoms with E-state index in [0.29, 0.717) is 50.7 Å². The van der Waals surface area contributed by atoms with E-state index in [4.69, 9.17) is 4.74 Å². The lowest BCUT2D eigenvalue weighted by atomic mass is 9.71. The molecule has 2 saturated heterocycles. The molecule has 1 spiro atoms. The Bertz CT molecular complexity index is 808. The lowest BCUT2D eigenvalue weighted by Crippen LogP contribution is -2.56. The number of hydrogen-bond donors (Lipinski definition) is 1. The number of allylic oxidation sites excluding steroid dienone is 2. The summed E-state index contributed by atoms with van der Waals surface area (Å²) < 4.78 is 5.52. The van der Waals surface area contributed by atoms with Crippen molar-refractivity contribution in [1.29, 1.82) is 0 Å². The topological polar surface area (TPSA) is 83.0 Å². The van der Waals surface area contributed by atoms with Crippen molar-refractivity contribution < 1.29 is 19.4 Å². The lowest BCUT2D eigenvalue weighted by Gasteiger charge is -2.49. The van der Waals surface area contributed by atoms with Gasteiger partial charge >= 0.3 is 0 Å². The van der Waals surface area contributed by atoms with Gasteiger partial charge in [0.2, 0.25) is 11.8 Å². The fourth-order valence-corrected chi connectivity index (χ4v) is 5.12. The van der Waals surface area contributed by atoms with E-state index < -0.39 is 6.10 Å². The molecule has 3 aliphatic rings. The third-order valence-electron chi connectivity index (χ3n) is 6.69. The van der Waals surface area contributed by atoms with Crippen molar-refractivity contribution in [2.24, 2.45) is 11.3 Å². The van der Waals surface area contributed by atoms with Gasteiger partial charge in [0.15, 0.2) is 0 Å². The molecule has 0 bridgehead atoms. The second kappa shape index (κ2) is 8.76. The number of β-amino-alcohol motifs (C(OH)–C–C–N with tert-alkyl or cyclic N) is 1. The Morgan fingerprint density at radius 2 is 1.97 bits per heavy atom. The van der Waals surface area contributed by atoms with Crippen LogP contribution < -0.4 is 4.74 Å². The van der Waals surface area contributed by atoms with Crippen LogP contribution in [0.1, 0.15) is 49.4 Å². The zero-order chi connectivity index (χ0) is 21.1. The Labute approximate surface area is 177 Å². The number of amides is 2. The third kappa shape index (κ3) is 4.21. The highest BCUT2D eigenvalue weighted by molar-refractivity contribution is 5.96. The molecule has 1 atom stereocenters. The zero-order valence-electron chi connectivity index (χ0n) is 17.6. The maximum atomic E-state index is 13.1. The predicted octanol–water partition coefficient (Wildman–Crippen LogP) is 2.26. The van der Waals surface area contributed by atoms with E-state index in [-0.39, 0.29) is 23.1 Å². The van der Waals surface area contributed by atoms with E-state index >= 15 is 0 Å². The SMILES string of the molecule is CCOc1ncccc1C(=O)N1CCC2(CC1)CC(O)CN(C(=O)C1CC=CC1)C2. The average molecular weight is 414 g/mol. The molecule has 0 aromatic carbocycles. The number of nitrogens with zero attached hydrogens (tertiary/aromatic N) is 3. The van der Waals surface area contributed by atoms with Crippen molar-refractivity contribution >= 4 is 11.8 Å². The van der Waals surface area contributed by atoms with Crippen LogP contribution in [0.25, 0.3) is 0 Å². The first kappa shape index (κ1) is 20.8. The van der Waals surface area contributed by atoms with Crippen molar-refractivity contribution in [3.63, 3.8) is 0 Å². The van der Waals surface area contributed by atoms with Gasteiger partial charge in [-0.25, -0.2) is 4.98 Å². The van der Waals surface area contributed by atoms with Crippen molar-refractivity contribution in [2.75, 3.05) is 32.8 Å². The van der Waals surface area contributed by atoms with Crippen LogP contribution in [0.15, 0.2) is 30.5 Å².